The number of aromatic hydroxyl groups is 1. The van der Waals surface area contributed by atoms with Gasteiger partial charge in [-0.3, -0.25) is 4.79 Å². The SMILES string of the molecule is CCN(CC)CCC(=O)Nc1ccc(C(=O)OC)c(O)c1.Cl. The number of methoxy groups -OCH3 is 1. The average Bonchev–Trinajstić information content (AvgIpc) is 2.47. The summed E-state index contributed by atoms with van der Waals surface area (Å²) < 4.78 is 4.54. The summed E-state index contributed by atoms with van der Waals surface area (Å²) in [7, 11) is 1.24. The van der Waals surface area contributed by atoms with Crippen molar-refractivity contribution in [1.29, 1.82) is 0 Å². The molecular formula is C15H23ClN2O4. The van der Waals surface area contributed by atoms with E-state index in [9.17, 15) is 14.7 Å². The molecule has 0 aliphatic heterocycles. The Morgan fingerprint density at radius 1 is 1.27 bits per heavy atom. The minimum Gasteiger partial charge on any atom is -0.507 e. The topological polar surface area (TPSA) is 78.9 Å². The number of esters is 1. The Bertz CT molecular complexity index is 504. The summed E-state index contributed by atoms with van der Waals surface area (Å²) in [5.41, 5.74) is 0.517. The van der Waals surface area contributed by atoms with E-state index in [1.807, 2.05) is 13.8 Å². The van der Waals surface area contributed by atoms with Crippen LogP contribution in [-0.4, -0.2) is 48.6 Å². The van der Waals surface area contributed by atoms with Crippen LogP contribution in [0.3, 0.4) is 0 Å². The minimum absolute atomic E-state index is 0. The zero-order valence-electron chi connectivity index (χ0n) is 13.1. The number of phenols is 1. The molecule has 1 aromatic rings. The molecule has 2 N–H and O–H groups in total. The fourth-order valence-electron chi connectivity index (χ4n) is 1.91. The molecule has 0 atom stereocenters. The van der Waals surface area contributed by atoms with Gasteiger partial charge in [0.05, 0.1) is 7.11 Å². The van der Waals surface area contributed by atoms with Crippen molar-refractivity contribution in [3.63, 3.8) is 0 Å². The summed E-state index contributed by atoms with van der Waals surface area (Å²) in [6.45, 7) is 6.58. The van der Waals surface area contributed by atoms with Crippen molar-refractivity contribution in [3.05, 3.63) is 23.8 Å². The van der Waals surface area contributed by atoms with Crippen molar-refractivity contribution >= 4 is 30.0 Å². The zero-order valence-corrected chi connectivity index (χ0v) is 13.9. The molecule has 0 saturated heterocycles. The van der Waals surface area contributed by atoms with Gasteiger partial charge in [0, 0.05) is 24.7 Å². The highest BCUT2D eigenvalue weighted by Gasteiger charge is 2.12. The first-order valence-electron chi connectivity index (χ1n) is 6.95. The lowest BCUT2D eigenvalue weighted by Crippen LogP contribution is -2.27. The maximum Gasteiger partial charge on any atom is 0.341 e. The normalized spacial score (nSPS) is 10.0. The number of amides is 1. The molecule has 0 saturated carbocycles. The number of nitrogens with one attached hydrogen (secondary N) is 1. The Morgan fingerprint density at radius 2 is 1.91 bits per heavy atom. The van der Waals surface area contributed by atoms with Crippen molar-refractivity contribution in [2.75, 3.05) is 32.1 Å². The lowest BCUT2D eigenvalue weighted by molar-refractivity contribution is -0.116. The number of carbonyl (C=O) groups is 2. The van der Waals surface area contributed by atoms with Gasteiger partial charge in [0.15, 0.2) is 0 Å². The number of rotatable bonds is 7. The van der Waals surface area contributed by atoms with Crippen LogP contribution >= 0.6 is 12.4 Å². The molecule has 0 spiro atoms. The fraction of sp³-hybridized carbons (Fsp3) is 0.467. The fourth-order valence-corrected chi connectivity index (χ4v) is 1.91. The van der Waals surface area contributed by atoms with E-state index < -0.39 is 5.97 Å². The third kappa shape index (κ3) is 5.91. The van der Waals surface area contributed by atoms with Crippen LogP contribution in [0.2, 0.25) is 0 Å². The van der Waals surface area contributed by atoms with E-state index in [-0.39, 0.29) is 29.6 Å². The highest BCUT2D eigenvalue weighted by Crippen LogP contribution is 2.22. The number of nitrogens with zero attached hydrogens (tertiary/aromatic N) is 1. The maximum absolute atomic E-state index is 11.8. The van der Waals surface area contributed by atoms with Gasteiger partial charge >= 0.3 is 5.97 Å². The summed E-state index contributed by atoms with van der Waals surface area (Å²) in [5.74, 6) is -0.970. The number of anilines is 1. The predicted octanol–water partition coefficient (Wildman–Crippen LogP) is 2.27. The minimum atomic E-state index is -0.619. The second kappa shape index (κ2) is 10.0. The summed E-state index contributed by atoms with van der Waals surface area (Å²) in [5, 5.41) is 12.4. The van der Waals surface area contributed by atoms with E-state index in [1.165, 1.54) is 19.2 Å². The van der Waals surface area contributed by atoms with Gasteiger partial charge in [-0.05, 0) is 25.2 Å². The zero-order chi connectivity index (χ0) is 15.8. The molecule has 1 amide bonds. The van der Waals surface area contributed by atoms with E-state index in [4.69, 9.17) is 0 Å². The van der Waals surface area contributed by atoms with Gasteiger partial charge in [0.25, 0.3) is 0 Å². The third-order valence-electron chi connectivity index (χ3n) is 3.24. The van der Waals surface area contributed by atoms with E-state index in [0.29, 0.717) is 18.7 Å². The van der Waals surface area contributed by atoms with Gasteiger partial charge in [0.2, 0.25) is 5.91 Å². The quantitative estimate of drug-likeness (QED) is 0.750. The first-order chi connectivity index (χ1) is 10.0. The highest BCUT2D eigenvalue weighted by atomic mass is 35.5. The van der Waals surface area contributed by atoms with E-state index in [1.54, 1.807) is 6.07 Å². The van der Waals surface area contributed by atoms with Gasteiger partial charge in [-0.1, -0.05) is 13.8 Å². The third-order valence-corrected chi connectivity index (χ3v) is 3.24. The standard InChI is InChI=1S/C15H22N2O4.ClH/c1-4-17(5-2)9-8-14(19)16-11-6-7-12(13(18)10-11)15(20)21-3;/h6-7,10,18H,4-5,8-9H2,1-3H3,(H,16,19);1H. The van der Waals surface area contributed by atoms with Gasteiger partial charge in [-0.15, -0.1) is 12.4 Å². The van der Waals surface area contributed by atoms with Crippen molar-refractivity contribution in [1.82, 2.24) is 4.90 Å². The van der Waals surface area contributed by atoms with Crippen LogP contribution in [0.15, 0.2) is 18.2 Å². The molecule has 7 heteroatoms. The second-order valence-electron chi connectivity index (χ2n) is 4.55. The number of hydrogen-bond donors (Lipinski definition) is 2. The molecule has 0 fully saturated rings. The summed E-state index contributed by atoms with van der Waals surface area (Å²) in [6.07, 6.45) is 0.376. The first kappa shape index (κ1) is 20.2. The molecule has 0 aromatic heterocycles. The first-order valence-corrected chi connectivity index (χ1v) is 6.95. The van der Waals surface area contributed by atoms with Crippen molar-refractivity contribution in [2.45, 2.75) is 20.3 Å². The van der Waals surface area contributed by atoms with Crippen molar-refractivity contribution in [2.24, 2.45) is 0 Å². The molecule has 1 aromatic carbocycles. The molecule has 0 heterocycles. The van der Waals surface area contributed by atoms with Crippen molar-refractivity contribution < 1.29 is 19.4 Å². The van der Waals surface area contributed by atoms with Gasteiger partial charge in [-0.25, -0.2) is 4.79 Å². The molecule has 0 bridgehead atoms. The second-order valence-corrected chi connectivity index (χ2v) is 4.55. The molecule has 0 aliphatic rings. The van der Waals surface area contributed by atoms with Crippen LogP contribution in [0, 0.1) is 0 Å². The van der Waals surface area contributed by atoms with Gasteiger partial charge in [0.1, 0.15) is 11.3 Å². The van der Waals surface area contributed by atoms with Crippen LogP contribution in [-0.2, 0) is 9.53 Å². The maximum atomic E-state index is 11.8. The van der Waals surface area contributed by atoms with Gasteiger partial charge in [-0.2, -0.15) is 0 Å². The average molecular weight is 331 g/mol. The van der Waals surface area contributed by atoms with E-state index in [2.05, 4.69) is 15.0 Å². The number of ether oxygens (including phenoxy) is 1. The van der Waals surface area contributed by atoms with Crippen LogP contribution in [0.25, 0.3) is 0 Å². The van der Waals surface area contributed by atoms with E-state index in [0.717, 1.165) is 13.1 Å². The highest BCUT2D eigenvalue weighted by molar-refractivity contribution is 5.95. The molecule has 22 heavy (non-hydrogen) atoms. The molecule has 0 aliphatic carbocycles. The largest absolute Gasteiger partial charge is 0.507 e. The van der Waals surface area contributed by atoms with Crippen LogP contribution in [0.5, 0.6) is 5.75 Å². The van der Waals surface area contributed by atoms with E-state index >= 15 is 0 Å². The number of benzene rings is 1. The summed E-state index contributed by atoms with van der Waals surface area (Å²) >= 11 is 0. The van der Waals surface area contributed by atoms with Gasteiger partial charge < -0.3 is 20.1 Å². The lowest BCUT2D eigenvalue weighted by atomic mass is 10.2. The molecule has 1 rings (SSSR count). The lowest BCUT2D eigenvalue weighted by Gasteiger charge is -2.17. The Balaban J connectivity index is 0.00000441. The summed E-state index contributed by atoms with van der Waals surface area (Å²) in [4.78, 5) is 25.3. The molecule has 0 unspecified atom stereocenters. The number of halogens is 1. The monoisotopic (exact) mass is 330 g/mol. The molecule has 0 radical (unpaired) electrons. The van der Waals surface area contributed by atoms with Crippen LogP contribution in [0.1, 0.15) is 30.6 Å². The predicted molar refractivity (Wildman–Crippen MR) is 87.7 cm³/mol. The number of hydrogen-bond acceptors (Lipinski definition) is 5. The van der Waals surface area contributed by atoms with Crippen molar-refractivity contribution in [3.8, 4) is 5.75 Å². The smallest absolute Gasteiger partial charge is 0.341 e. The molecular weight excluding hydrogens is 308 g/mol. The molecule has 124 valence electrons. The Morgan fingerprint density at radius 3 is 2.41 bits per heavy atom. The summed E-state index contributed by atoms with van der Waals surface area (Å²) in [6, 6.07) is 4.31. The Hall–Kier alpha value is -1.79. The Kier molecular flexibility index (Phi) is 9.21. The Labute approximate surface area is 136 Å². The van der Waals surface area contributed by atoms with Crippen LogP contribution in [0.4, 0.5) is 5.69 Å². The molecule has 6 nitrogen and oxygen atoms in total. The number of phenolic OH excluding ortho intramolecular Hbond substituents is 1. The number of carbonyl (C=O) groups excluding carboxylic acids is 2. The van der Waals surface area contributed by atoms with Crippen LogP contribution < -0.4 is 5.32 Å².